The second kappa shape index (κ2) is 10.3. The molecule has 34 heavy (non-hydrogen) atoms. The number of amides is 2. The molecule has 2 atom stereocenters. The van der Waals surface area contributed by atoms with Gasteiger partial charge >= 0.3 is 12.2 Å². The summed E-state index contributed by atoms with van der Waals surface area (Å²) in [6.07, 6.45) is 1.28. The van der Waals surface area contributed by atoms with E-state index in [9.17, 15) is 18.0 Å². The Morgan fingerprint density at radius 1 is 1.03 bits per heavy atom. The summed E-state index contributed by atoms with van der Waals surface area (Å²) >= 11 is 0. The van der Waals surface area contributed by atoms with Crippen molar-refractivity contribution in [2.75, 3.05) is 13.6 Å². The van der Waals surface area contributed by atoms with Gasteiger partial charge in [-0.25, -0.2) is 4.79 Å². The fourth-order valence-electron chi connectivity index (χ4n) is 5.13. The van der Waals surface area contributed by atoms with Gasteiger partial charge in [-0.05, 0) is 79.8 Å². The number of fused-ring (bicyclic) bond motifs is 1. The van der Waals surface area contributed by atoms with Crippen LogP contribution in [0.1, 0.15) is 61.8 Å². The van der Waals surface area contributed by atoms with Crippen molar-refractivity contribution in [3.05, 3.63) is 65.2 Å². The third-order valence-electron chi connectivity index (χ3n) is 7.22. The van der Waals surface area contributed by atoms with Crippen LogP contribution in [0.4, 0.5) is 18.0 Å². The lowest BCUT2D eigenvalue weighted by Crippen LogP contribution is -2.46. The molecule has 0 radical (unpaired) electrons. The number of hydrogen-bond donors (Lipinski definition) is 1. The van der Waals surface area contributed by atoms with Crippen LogP contribution in [0, 0.1) is 11.8 Å². The van der Waals surface area contributed by atoms with Crippen molar-refractivity contribution in [2.45, 2.75) is 63.8 Å². The Morgan fingerprint density at radius 2 is 1.71 bits per heavy atom. The number of hydrogen-bond acceptors (Lipinski definition) is 2. The number of urea groups is 1. The zero-order valence-electron chi connectivity index (χ0n) is 19.8. The monoisotopic (exact) mass is 474 g/mol. The van der Waals surface area contributed by atoms with Crippen LogP contribution in [-0.2, 0) is 12.6 Å². The Morgan fingerprint density at radius 3 is 2.38 bits per heavy atom. The lowest BCUT2D eigenvalue weighted by atomic mass is 9.81. The minimum Gasteiger partial charge on any atom is -0.485 e. The zero-order valence-corrected chi connectivity index (χ0v) is 19.8. The Hall–Kier alpha value is -2.70. The summed E-state index contributed by atoms with van der Waals surface area (Å²) in [4.78, 5) is 14.6. The van der Waals surface area contributed by atoms with Crippen molar-refractivity contribution in [1.29, 1.82) is 0 Å². The summed E-state index contributed by atoms with van der Waals surface area (Å²) < 4.78 is 45.2. The van der Waals surface area contributed by atoms with Crippen LogP contribution < -0.4 is 10.1 Å². The second-order valence-corrected chi connectivity index (χ2v) is 9.84. The van der Waals surface area contributed by atoms with Crippen molar-refractivity contribution < 1.29 is 22.7 Å². The first-order valence-electron chi connectivity index (χ1n) is 12.1. The van der Waals surface area contributed by atoms with Gasteiger partial charge in [-0.2, -0.15) is 13.2 Å². The van der Waals surface area contributed by atoms with Gasteiger partial charge in [-0.15, -0.1) is 0 Å². The van der Waals surface area contributed by atoms with E-state index in [2.05, 4.69) is 18.3 Å². The molecule has 0 heterocycles. The fourth-order valence-corrected chi connectivity index (χ4v) is 5.13. The average Bonchev–Trinajstić information content (AvgIpc) is 2.81. The molecule has 1 fully saturated rings. The van der Waals surface area contributed by atoms with Crippen molar-refractivity contribution >= 4 is 6.03 Å². The molecular weight excluding hydrogens is 441 g/mol. The number of nitrogens with one attached hydrogen (secondary N) is 1. The molecule has 4 nitrogen and oxygen atoms in total. The minimum atomic E-state index is -4.38. The number of alkyl halides is 3. The molecule has 1 N–H and O–H groups in total. The van der Waals surface area contributed by atoms with Crippen LogP contribution in [0.3, 0.4) is 0 Å². The highest BCUT2D eigenvalue weighted by atomic mass is 19.4. The summed E-state index contributed by atoms with van der Waals surface area (Å²) in [6, 6.07) is 13.0. The maximum absolute atomic E-state index is 13.0. The standard InChI is InChI=1S/C27H33F3N2O2/c1-18-7-13-22(14-8-18)31-26(33)32(2)17-20-10-9-19-5-3-4-6-24(19)25(20)34-23-15-11-21(12-16-23)27(28,29)30/h3-6,11-12,15-16,18,20,22,25H,7-10,13-14,17H2,1-2H3,(H,31,33)/t18?,20-,22?,25+/m0/s1. The number of benzene rings is 2. The van der Waals surface area contributed by atoms with Gasteiger partial charge in [0.1, 0.15) is 11.9 Å². The van der Waals surface area contributed by atoms with Crippen LogP contribution in [-0.4, -0.2) is 30.6 Å². The van der Waals surface area contributed by atoms with Gasteiger partial charge < -0.3 is 15.0 Å². The first kappa shape index (κ1) is 24.4. The van der Waals surface area contributed by atoms with Crippen LogP contribution in [0.25, 0.3) is 0 Å². The fraction of sp³-hybridized carbons (Fsp3) is 0.519. The summed E-state index contributed by atoms with van der Waals surface area (Å²) in [5, 5.41) is 3.17. The zero-order chi connectivity index (χ0) is 24.3. The van der Waals surface area contributed by atoms with E-state index in [-0.39, 0.29) is 24.1 Å². The molecule has 2 aromatic carbocycles. The number of nitrogens with zero attached hydrogens (tertiary/aromatic N) is 1. The van der Waals surface area contributed by atoms with E-state index in [0.717, 1.165) is 62.1 Å². The molecule has 0 bridgehead atoms. The molecule has 1 saturated carbocycles. The summed E-state index contributed by atoms with van der Waals surface area (Å²) in [5.74, 6) is 1.14. The largest absolute Gasteiger partial charge is 0.485 e. The van der Waals surface area contributed by atoms with Crippen LogP contribution in [0.15, 0.2) is 48.5 Å². The molecule has 184 valence electrons. The van der Waals surface area contributed by atoms with E-state index in [4.69, 9.17) is 4.74 Å². The number of halogens is 3. The molecule has 0 spiro atoms. The van der Waals surface area contributed by atoms with Gasteiger partial charge in [-0.1, -0.05) is 31.2 Å². The van der Waals surface area contributed by atoms with E-state index >= 15 is 0 Å². The van der Waals surface area contributed by atoms with Gasteiger partial charge in [0, 0.05) is 25.6 Å². The van der Waals surface area contributed by atoms with E-state index in [0.29, 0.717) is 12.3 Å². The number of aryl methyl sites for hydroxylation is 1. The molecule has 0 unspecified atom stereocenters. The average molecular weight is 475 g/mol. The van der Waals surface area contributed by atoms with Gasteiger partial charge in [0.05, 0.1) is 5.56 Å². The smallest absolute Gasteiger partial charge is 0.416 e. The van der Waals surface area contributed by atoms with E-state index in [1.807, 2.05) is 18.2 Å². The Kier molecular flexibility index (Phi) is 7.39. The van der Waals surface area contributed by atoms with Crippen LogP contribution in [0.2, 0.25) is 0 Å². The van der Waals surface area contributed by atoms with E-state index < -0.39 is 11.7 Å². The molecule has 2 amide bonds. The first-order chi connectivity index (χ1) is 16.2. The normalized spacial score (nSPS) is 24.7. The van der Waals surface area contributed by atoms with Crippen LogP contribution >= 0.6 is 0 Å². The predicted octanol–water partition coefficient (Wildman–Crippen LogP) is 6.61. The van der Waals surface area contributed by atoms with Gasteiger partial charge in [0.25, 0.3) is 0 Å². The van der Waals surface area contributed by atoms with E-state index in [1.165, 1.54) is 17.7 Å². The minimum absolute atomic E-state index is 0.0271. The molecule has 4 rings (SSSR count). The van der Waals surface area contributed by atoms with Gasteiger partial charge in [-0.3, -0.25) is 0 Å². The summed E-state index contributed by atoms with van der Waals surface area (Å²) in [6.45, 7) is 2.76. The Labute approximate surface area is 199 Å². The van der Waals surface area contributed by atoms with Crippen molar-refractivity contribution in [2.24, 2.45) is 11.8 Å². The molecule has 2 aromatic rings. The molecule has 0 saturated heterocycles. The Bertz CT molecular complexity index is 969. The third kappa shape index (κ3) is 5.86. The molecule has 0 aromatic heterocycles. The first-order valence-corrected chi connectivity index (χ1v) is 12.1. The number of carbonyl (C=O) groups is 1. The summed E-state index contributed by atoms with van der Waals surface area (Å²) in [7, 11) is 1.80. The number of ether oxygens (including phenoxy) is 1. The second-order valence-electron chi connectivity index (χ2n) is 9.84. The highest BCUT2D eigenvalue weighted by Gasteiger charge is 2.34. The maximum Gasteiger partial charge on any atom is 0.416 e. The quantitative estimate of drug-likeness (QED) is 0.530. The summed E-state index contributed by atoms with van der Waals surface area (Å²) in [5.41, 5.74) is 1.52. The van der Waals surface area contributed by atoms with Crippen molar-refractivity contribution in [3.63, 3.8) is 0 Å². The third-order valence-corrected chi connectivity index (χ3v) is 7.22. The topological polar surface area (TPSA) is 41.6 Å². The van der Waals surface area contributed by atoms with Crippen molar-refractivity contribution in [3.8, 4) is 5.75 Å². The highest BCUT2D eigenvalue weighted by molar-refractivity contribution is 5.74. The van der Waals surface area contributed by atoms with Crippen molar-refractivity contribution in [1.82, 2.24) is 10.2 Å². The predicted molar refractivity (Wildman–Crippen MR) is 126 cm³/mol. The van der Waals surface area contributed by atoms with Crippen LogP contribution in [0.5, 0.6) is 5.75 Å². The molecular formula is C27H33F3N2O2. The maximum atomic E-state index is 13.0. The highest BCUT2D eigenvalue weighted by Crippen LogP contribution is 2.39. The Balaban J connectivity index is 1.46. The lowest BCUT2D eigenvalue weighted by Gasteiger charge is -2.36. The van der Waals surface area contributed by atoms with E-state index in [1.54, 1.807) is 11.9 Å². The van der Waals surface area contributed by atoms with Gasteiger partial charge in [0.15, 0.2) is 0 Å². The molecule has 2 aliphatic carbocycles. The SMILES string of the molecule is CC1CCC(NC(=O)N(C)C[C@@H]2CCc3ccccc3[C@@H]2Oc2ccc(C(F)(F)F)cc2)CC1. The molecule has 7 heteroatoms. The number of rotatable bonds is 5. The molecule has 2 aliphatic rings. The molecule has 0 aliphatic heterocycles. The number of carbonyl (C=O) groups excluding carboxylic acids is 1. The van der Waals surface area contributed by atoms with Gasteiger partial charge in [0.2, 0.25) is 0 Å². The lowest BCUT2D eigenvalue weighted by molar-refractivity contribution is -0.137.